The molecule has 1 atom stereocenters. The van der Waals surface area contributed by atoms with E-state index in [0.29, 0.717) is 0 Å². The van der Waals surface area contributed by atoms with Crippen molar-refractivity contribution < 1.29 is 19.6 Å². The van der Waals surface area contributed by atoms with Gasteiger partial charge in [-0.15, -0.1) is 0 Å². The third-order valence-corrected chi connectivity index (χ3v) is 2.38. The number of carbonyl (C=O) groups is 3. The highest BCUT2D eigenvalue weighted by molar-refractivity contribution is 6.17. The standard InChI is InChI=1S/C10H8N2O4/c13-8-4-7(10(15)12(8)16)9(14)6-2-1-3-11-5-6/h1-3,5,7,16H,4H2. The minimum absolute atomic E-state index is 0.00106. The predicted octanol–water partition coefficient (Wildman–Crippen LogP) is 0.0286. The van der Waals surface area contributed by atoms with Gasteiger partial charge in [-0.3, -0.25) is 24.6 Å². The Labute approximate surface area is 90.5 Å². The van der Waals surface area contributed by atoms with Gasteiger partial charge in [0.25, 0.3) is 11.8 Å². The third-order valence-electron chi connectivity index (χ3n) is 2.38. The molecule has 1 fully saturated rings. The molecule has 2 heterocycles. The van der Waals surface area contributed by atoms with E-state index in [4.69, 9.17) is 5.21 Å². The van der Waals surface area contributed by atoms with Crippen LogP contribution in [0.1, 0.15) is 16.8 Å². The van der Waals surface area contributed by atoms with Crippen molar-refractivity contribution in [2.75, 3.05) is 0 Å². The topological polar surface area (TPSA) is 87.6 Å². The summed E-state index contributed by atoms with van der Waals surface area (Å²) in [6, 6.07) is 3.07. The lowest BCUT2D eigenvalue weighted by Crippen LogP contribution is -2.29. The van der Waals surface area contributed by atoms with Gasteiger partial charge in [-0.25, -0.2) is 0 Å². The molecule has 1 aliphatic rings. The molecule has 1 unspecified atom stereocenters. The number of rotatable bonds is 2. The number of carbonyl (C=O) groups excluding carboxylic acids is 3. The summed E-state index contributed by atoms with van der Waals surface area (Å²) < 4.78 is 0. The number of hydroxylamine groups is 2. The molecule has 6 nitrogen and oxygen atoms in total. The predicted molar refractivity (Wildman–Crippen MR) is 50.3 cm³/mol. The molecule has 82 valence electrons. The summed E-state index contributed by atoms with van der Waals surface area (Å²) in [5.74, 6) is -3.25. The first kappa shape index (κ1) is 10.4. The van der Waals surface area contributed by atoms with Crippen LogP contribution >= 0.6 is 0 Å². The van der Waals surface area contributed by atoms with Gasteiger partial charge in [0.1, 0.15) is 5.92 Å². The molecule has 1 aliphatic heterocycles. The monoisotopic (exact) mass is 220 g/mol. The molecular weight excluding hydrogens is 212 g/mol. The summed E-state index contributed by atoms with van der Waals surface area (Å²) in [6.45, 7) is 0. The molecule has 1 saturated heterocycles. The summed E-state index contributed by atoms with van der Waals surface area (Å²) in [7, 11) is 0. The van der Waals surface area contributed by atoms with Crippen molar-refractivity contribution in [1.82, 2.24) is 10.0 Å². The Kier molecular flexibility index (Phi) is 2.49. The van der Waals surface area contributed by atoms with Crippen LogP contribution in [0.3, 0.4) is 0 Å². The maximum absolute atomic E-state index is 11.8. The van der Waals surface area contributed by atoms with Gasteiger partial charge in [0.2, 0.25) is 0 Å². The van der Waals surface area contributed by atoms with Gasteiger partial charge < -0.3 is 0 Å². The van der Waals surface area contributed by atoms with E-state index in [2.05, 4.69) is 4.98 Å². The maximum Gasteiger partial charge on any atom is 0.264 e. The van der Waals surface area contributed by atoms with E-state index in [1.807, 2.05) is 0 Å². The number of nitrogens with zero attached hydrogens (tertiary/aromatic N) is 2. The fourth-order valence-corrected chi connectivity index (χ4v) is 1.53. The van der Waals surface area contributed by atoms with Crippen molar-refractivity contribution in [3.8, 4) is 0 Å². The van der Waals surface area contributed by atoms with Gasteiger partial charge in [-0.05, 0) is 12.1 Å². The summed E-state index contributed by atoms with van der Waals surface area (Å²) in [5.41, 5.74) is 0.254. The lowest BCUT2D eigenvalue weighted by molar-refractivity contribution is -0.171. The minimum Gasteiger partial charge on any atom is -0.293 e. The molecular formula is C10H8N2O4. The van der Waals surface area contributed by atoms with Crippen LogP contribution in [0.15, 0.2) is 24.5 Å². The van der Waals surface area contributed by atoms with Crippen LogP contribution in [-0.4, -0.2) is 32.9 Å². The van der Waals surface area contributed by atoms with E-state index in [1.54, 1.807) is 6.07 Å². The van der Waals surface area contributed by atoms with Gasteiger partial charge in [-0.1, -0.05) is 0 Å². The summed E-state index contributed by atoms with van der Waals surface area (Å²) in [4.78, 5) is 37.9. The van der Waals surface area contributed by atoms with Crippen molar-refractivity contribution >= 4 is 17.6 Å². The normalized spacial score (nSPS) is 20.3. The molecule has 0 bridgehead atoms. The lowest BCUT2D eigenvalue weighted by atomic mass is 9.97. The van der Waals surface area contributed by atoms with Crippen LogP contribution in [0.4, 0.5) is 0 Å². The van der Waals surface area contributed by atoms with Gasteiger partial charge in [0.05, 0.1) is 0 Å². The second kappa shape index (κ2) is 3.82. The number of pyridine rings is 1. The van der Waals surface area contributed by atoms with E-state index in [-0.39, 0.29) is 17.0 Å². The highest BCUT2D eigenvalue weighted by atomic mass is 16.5. The van der Waals surface area contributed by atoms with E-state index in [9.17, 15) is 14.4 Å². The highest BCUT2D eigenvalue weighted by Gasteiger charge is 2.42. The molecule has 0 saturated carbocycles. The molecule has 2 amide bonds. The Bertz CT molecular complexity index is 457. The number of imide groups is 1. The molecule has 6 heteroatoms. The van der Waals surface area contributed by atoms with Crippen molar-refractivity contribution in [1.29, 1.82) is 0 Å². The zero-order valence-corrected chi connectivity index (χ0v) is 8.16. The van der Waals surface area contributed by atoms with E-state index in [1.165, 1.54) is 18.5 Å². The van der Waals surface area contributed by atoms with Crippen LogP contribution < -0.4 is 0 Å². The Morgan fingerprint density at radius 3 is 2.75 bits per heavy atom. The van der Waals surface area contributed by atoms with Gasteiger partial charge >= 0.3 is 0 Å². The van der Waals surface area contributed by atoms with Crippen molar-refractivity contribution in [2.24, 2.45) is 5.92 Å². The van der Waals surface area contributed by atoms with Crippen LogP contribution in [0.2, 0.25) is 0 Å². The van der Waals surface area contributed by atoms with Gasteiger partial charge in [0.15, 0.2) is 5.78 Å². The second-order valence-electron chi connectivity index (χ2n) is 3.41. The molecule has 0 radical (unpaired) electrons. The van der Waals surface area contributed by atoms with E-state index in [0.717, 1.165) is 0 Å². The zero-order valence-electron chi connectivity index (χ0n) is 8.16. The lowest BCUT2D eigenvalue weighted by Gasteiger charge is -2.05. The molecule has 0 spiro atoms. The molecule has 0 aromatic carbocycles. The third kappa shape index (κ3) is 1.59. The Balaban J connectivity index is 2.25. The minimum atomic E-state index is -1.12. The maximum atomic E-state index is 11.8. The quantitative estimate of drug-likeness (QED) is 0.329. The van der Waals surface area contributed by atoms with Crippen LogP contribution in [0, 0.1) is 5.92 Å². The smallest absolute Gasteiger partial charge is 0.264 e. The number of ketones is 1. The number of aromatic nitrogens is 1. The number of Topliss-reactive ketones (excluding diaryl/α,β-unsaturated/α-hetero) is 1. The Morgan fingerprint density at radius 1 is 1.50 bits per heavy atom. The SMILES string of the molecule is O=C(c1cccnc1)C1CC(=O)N(O)C1=O. The molecule has 0 aliphatic carbocycles. The zero-order chi connectivity index (χ0) is 11.7. The highest BCUT2D eigenvalue weighted by Crippen LogP contribution is 2.21. The molecule has 2 rings (SSSR count). The van der Waals surface area contributed by atoms with Crippen LogP contribution in [0.25, 0.3) is 0 Å². The first-order valence-electron chi connectivity index (χ1n) is 4.61. The average molecular weight is 220 g/mol. The van der Waals surface area contributed by atoms with Crippen molar-refractivity contribution in [3.63, 3.8) is 0 Å². The van der Waals surface area contributed by atoms with Crippen LogP contribution in [-0.2, 0) is 9.59 Å². The molecule has 1 aromatic rings. The van der Waals surface area contributed by atoms with Crippen LogP contribution in [0.5, 0.6) is 0 Å². The fourth-order valence-electron chi connectivity index (χ4n) is 1.53. The Hall–Kier alpha value is -2.08. The first-order valence-corrected chi connectivity index (χ1v) is 4.61. The fraction of sp³-hybridized carbons (Fsp3) is 0.200. The summed E-state index contributed by atoms with van der Waals surface area (Å²) >= 11 is 0. The van der Waals surface area contributed by atoms with Gasteiger partial charge in [0, 0.05) is 24.4 Å². The molecule has 1 N–H and O–H groups in total. The number of hydrogen-bond donors (Lipinski definition) is 1. The average Bonchev–Trinajstić information content (AvgIpc) is 2.57. The number of hydrogen-bond acceptors (Lipinski definition) is 5. The van der Waals surface area contributed by atoms with Crippen molar-refractivity contribution in [3.05, 3.63) is 30.1 Å². The second-order valence-corrected chi connectivity index (χ2v) is 3.41. The Morgan fingerprint density at radius 2 is 2.25 bits per heavy atom. The summed E-state index contributed by atoms with van der Waals surface area (Å²) in [6.07, 6.45) is 2.53. The van der Waals surface area contributed by atoms with Crippen molar-refractivity contribution in [2.45, 2.75) is 6.42 Å². The summed E-state index contributed by atoms with van der Waals surface area (Å²) in [5, 5.41) is 9.00. The van der Waals surface area contributed by atoms with E-state index >= 15 is 0 Å². The van der Waals surface area contributed by atoms with E-state index < -0.39 is 23.5 Å². The molecule has 16 heavy (non-hydrogen) atoms. The van der Waals surface area contributed by atoms with Gasteiger partial charge in [-0.2, -0.15) is 5.06 Å². The first-order chi connectivity index (χ1) is 7.61. The molecule has 1 aromatic heterocycles. The number of amides is 2. The largest absolute Gasteiger partial charge is 0.293 e.